The van der Waals surface area contributed by atoms with Gasteiger partial charge in [0, 0.05) is 11.1 Å². The lowest BCUT2D eigenvalue weighted by molar-refractivity contribution is 0.0686. The average molecular weight is 232 g/mol. The summed E-state index contributed by atoms with van der Waals surface area (Å²) >= 11 is 1.34. The van der Waals surface area contributed by atoms with Crippen molar-refractivity contribution in [1.82, 2.24) is 9.97 Å². The second-order valence-electron chi connectivity index (χ2n) is 2.96. The van der Waals surface area contributed by atoms with Crippen LogP contribution in [0.15, 0.2) is 52.6 Å². The number of nitrogens with zero attached hydrogens (tertiary/aromatic N) is 2. The Hall–Kier alpha value is -1.88. The van der Waals surface area contributed by atoms with E-state index in [1.807, 2.05) is 30.3 Å². The van der Waals surface area contributed by atoms with Gasteiger partial charge in [-0.2, -0.15) is 0 Å². The third-order valence-corrected chi connectivity index (χ3v) is 2.88. The third-order valence-electron chi connectivity index (χ3n) is 1.85. The number of aromatic nitrogens is 2. The van der Waals surface area contributed by atoms with E-state index in [1.165, 1.54) is 24.3 Å². The molecular weight excluding hydrogens is 224 g/mol. The lowest BCUT2D eigenvalue weighted by Crippen LogP contribution is -2.02. The molecule has 0 spiro atoms. The molecule has 4 nitrogen and oxygen atoms in total. The fraction of sp³-hybridized carbons (Fsp3) is 0. The van der Waals surface area contributed by atoms with E-state index >= 15 is 0 Å². The molecule has 1 N–H and O–H groups in total. The standard InChI is InChI=1S/C11H8N2O2S/c14-11(15)10-9(6-12-7-13-10)16-8-4-2-1-3-5-8/h1-7H,(H,14,15). The second kappa shape index (κ2) is 4.76. The monoisotopic (exact) mass is 232 g/mol. The topological polar surface area (TPSA) is 63.1 Å². The first-order valence-corrected chi connectivity index (χ1v) is 5.35. The van der Waals surface area contributed by atoms with E-state index in [0.29, 0.717) is 4.90 Å². The van der Waals surface area contributed by atoms with Gasteiger partial charge in [-0.3, -0.25) is 0 Å². The Morgan fingerprint density at radius 1 is 1.25 bits per heavy atom. The van der Waals surface area contributed by atoms with Crippen molar-refractivity contribution >= 4 is 17.7 Å². The summed E-state index contributed by atoms with van der Waals surface area (Å²) in [6.07, 6.45) is 2.74. The molecule has 5 heteroatoms. The number of carboxylic acid groups (broad SMARTS) is 1. The minimum atomic E-state index is -1.04. The summed E-state index contributed by atoms with van der Waals surface area (Å²) in [7, 11) is 0. The van der Waals surface area contributed by atoms with Crippen molar-refractivity contribution in [2.24, 2.45) is 0 Å². The Morgan fingerprint density at radius 2 is 2.00 bits per heavy atom. The summed E-state index contributed by atoms with van der Waals surface area (Å²) < 4.78 is 0. The molecule has 0 bridgehead atoms. The van der Waals surface area contributed by atoms with Crippen molar-refractivity contribution in [2.45, 2.75) is 9.79 Å². The predicted molar refractivity (Wildman–Crippen MR) is 59.6 cm³/mol. The molecule has 0 radical (unpaired) electrons. The minimum absolute atomic E-state index is 0.0313. The van der Waals surface area contributed by atoms with Crippen LogP contribution in [0.2, 0.25) is 0 Å². The van der Waals surface area contributed by atoms with Crippen LogP contribution in [-0.4, -0.2) is 21.0 Å². The molecule has 16 heavy (non-hydrogen) atoms. The van der Waals surface area contributed by atoms with Crippen LogP contribution in [0.5, 0.6) is 0 Å². The summed E-state index contributed by atoms with van der Waals surface area (Å²) in [6.45, 7) is 0. The maximum Gasteiger partial charge on any atom is 0.355 e. The van der Waals surface area contributed by atoms with Gasteiger partial charge in [0.05, 0.1) is 4.90 Å². The van der Waals surface area contributed by atoms with Crippen LogP contribution in [0.3, 0.4) is 0 Å². The smallest absolute Gasteiger partial charge is 0.355 e. The van der Waals surface area contributed by atoms with Gasteiger partial charge in [0.2, 0.25) is 0 Å². The van der Waals surface area contributed by atoms with E-state index in [2.05, 4.69) is 9.97 Å². The maximum atomic E-state index is 10.9. The van der Waals surface area contributed by atoms with E-state index in [1.54, 1.807) is 0 Å². The molecule has 0 saturated heterocycles. The zero-order valence-electron chi connectivity index (χ0n) is 8.20. The Balaban J connectivity index is 2.31. The van der Waals surface area contributed by atoms with Gasteiger partial charge in [0.25, 0.3) is 0 Å². The first-order valence-electron chi connectivity index (χ1n) is 4.53. The molecule has 0 fully saturated rings. The van der Waals surface area contributed by atoms with Gasteiger partial charge in [-0.1, -0.05) is 30.0 Å². The summed E-state index contributed by atoms with van der Waals surface area (Å²) in [5.41, 5.74) is 0.0313. The molecule has 0 amide bonds. The molecule has 0 aliphatic carbocycles. The van der Waals surface area contributed by atoms with E-state index in [-0.39, 0.29) is 5.69 Å². The molecule has 2 aromatic rings. The van der Waals surface area contributed by atoms with Gasteiger partial charge in [-0.05, 0) is 12.1 Å². The largest absolute Gasteiger partial charge is 0.476 e. The quantitative estimate of drug-likeness (QED) is 0.879. The highest BCUT2D eigenvalue weighted by Crippen LogP contribution is 2.28. The number of carboxylic acids is 1. The van der Waals surface area contributed by atoms with Crippen LogP contribution < -0.4 is 0 Å². The Bertz CT molecular complexity index is 502. The zero-order chi connectivity index (χ0) is 11.4. The Morgan fingerprint density at radius 3 is 2.69 bits per heavy atom. The van der Waals surface area contributed by atoms with Gasteiger partial charge in [-0.25, -0.2) is 14.8 Å². The fourth-order valence-electron chi connectivity index (χ4n) is 1.17. The van der Waals surface area contributed by atoms with Gasteiger partial charge in [-0.15, -0.1) is 0 Å². The number of hydrogen-bond donors (Lipinski definition) is 1. The first-order chi connectivity index (χ1) is 7.77. The van der Waals surface area contributed by atoms with Crippen molar-refractivity contribution in [3.05, 3.63) is 48.5 Å². The molecule has 0 atom stereocenters. The normalized spacial score (nSPS) is 10.0. The summed E-state index contributed by atoms with van der Waals surface area (Å²) in [6, 6.07) is 9.51. The number of hydrogen-bond acceptors (Lipinski definition) is 4. The van der Waals surface area contributed by atoms with Crippen LogP contribution in [0.25, 0.3) is 0 Å². The lowest BCUT2D eigenvalue weighted by Gasteiger charge is -2.03. The van der Waals surface area contributed by atoms with Crippen LogP contribution in [-0.2, 0) is 0 Å². The molecule has 80 valence electrons. The van der Waals surface area contributed by atoms with Crippen molar-refractivity contribution in [1.29, 1.82) is 0 Å². The van der Waals surface area contributed by atoms with Crippen molar-refractivity contribution in [3.63, 3.8) is 0 Å². The molecule has 0 unspecified atom stereocenters. The number of benzene rings is 1. The molecule has 2 rings (SSSR count). The highest BCUT2D eigenvalue weighted by molar-refractivity contribution is 7.99. The highest BCUT2D eigenvalue weighted by Gasteiger charge is 2.12. The number of rotatable bonds is 3. The maximum absolute atomic E-state index is 10.9. The highest BCUT2D eigenvalue weighted by atomic mass is 32.2. The summed E-state index contributed by atoms with van der Waals surface area (Å²) in [4.78, 5) is 20.0. The van der Waals surface area contributed by atoms with Crippen LogP contribution in [0.1, 0.15) is 10.5 Å². The van der Waals surface area contributed by atoms with E-state index in [4.69, 9.17) is 5.11 Å². The molecule has 1 aromatic carbocycles. The predicted octanol–water partition coefficient (Wildman–Crippen LogP) is 2.33. The van der Waals surface area contributed by atoms with Crippen molar-refractivity contribution in [2.75, 3.05) is 0 Å². The van der Waals surface area contributed by atoms with E-state index < -0.39 is 5.97 Å². The van der Waals surface area contributed by atoms with Crippen LogP contribution in [0, 0.1) is 0 Å². The average Bonchev–Trinajstić information content (AvgIpc) is 2.31. The third kappa shape index (κ3) is 2.38. The van der Waals surface area contributed by atoms with E-state index in [9.17, 15) is 4.79 Å². The van der Waals surface area contributed by atoms with Gasteiger partial charge < -0.3 is 5.11 Å². The fourth-order valence-corrected chi connectivity index (χ4v) is 2.07. The lowest BCUT2D eigenvalue weighted by atomic mass is 10.4. The Labute approximate surface area is 96.4 Å². The van der Waals surface area contributed by atoms with Crippen LogP contribution >= 0.6 is 11.8 Å². The van der Waals surface area contributed by atoms with Crippen LogP contribution in [0.4, 0.5) is 0 Å². The van der Waals surface area contributed by atoms with Gasteiger partial charge in [0.1, 0.15) is 6.33 Å². The SMILES string of the molecule is O=C(O)c1ncncc1Sc1ccccc1. The summed E-state index contributed by atoms with van der Waals surface area (Å²) in [5.74, 6) is -1.04. The zero-order valence-corrected chi connectivity index (χ0v) is 9.02. The molecule has 1 aromatic heterocycles. The molecular formula is C11H8N2O2S. The number of carbonyl (C=O) groups is 1. The summed E-state index contributed by atoms with van der Waals surface area (Å²) in [5, 5.41) is 8.94. The van der Waals surface area contributed by atoms with E-state index in [0.717, 1.165) is 4.90 Å². The van der Waals surface area contributed by atoms with Gasteiger partial charge >= 0.3 is 5.97 Å². The second-order valence-corrected chi connectivity index (χ2v) is 4.07. The first kappa shape index (κ1) is 10.6. The van der Waals surface area contributed by atoms with Crippen molar-refractivity contribution < 1.29 is 9.90 Å². The molecule has 0 aliphatic heterocycles. The number of aromatic carboxylic acids is 1. The molecule has 0 aliphatic rings. The van der Waals surface area contributed by atoms with Crippen molar-refractivity contribution in [3.8, 4) is 0 Å². The molecule has 0 saturated carbocycles. The molecule has 1 heterocycles. The Kier molecular flexibility index (Phi) is 3.16. The van der Waals surface area contributed by atoms with Gasteiger partial charge in [0.15, 0.2) is 5.69 Å². The minimum Gasteiger partial charge on any atom is -0.476 e.